The minimum Gasteiger partial charge on any atom is -0.316 e. The first kappa shape index (κ1) is 14.3. The molecule has 0 unspecified atom stereocenters. The second-order valence-corrected chi connectivity index (χ2v) is 6.73. The molecule has 6 nitrogen and oxygen atoms in total. The first-order valence-electron chi connectivity index (χ1n) is 5.48. The Morgan fingerprint density at radius 2 is 2.00 bits per heavy atom. The van der Waals surface area contributed by atoms with Gasteiger partial charge in [-0.25, -0.2) is 0 Å². The molecule has 102 valence electrons. The number of H-pyrrole nitrogens is 1. The maximum absolute atomic E-state index is 12.2. The van der Waals surface area contributed by atoms with E-state index in [2.05, 4.69) is 42.8 Å². The van der Waals surface area contributed by atoms with E-state index in [0.29, 0.717) is 17.8 Å². The third-order valence-electron chi connectivity index (χ3n) is 2.41. The van der Waals surface area contributed by atoms with Crippen molar-refractivity contribution in [3.8, 4) is 0 Å². The average molecular weight is 392 g/mol. The van der Waals surface area contributed by atoms with Crippen molar-refractivity contribution in [2.45, 2.75) is 11.6 Å². The fourth-order valence-electron chi connectivity index (χ4n) is 1.57. The molecule has 0 atom stereocenters. The summed E-state index contributed by atoms with van der Waals surface area (Å²) in [6.07, 6.45) is 1.50. The zero-order valence-electron chi connectivity index (χ0n) is 10.1. The molecular weight excluding hydrogens is 379 g/mol. The van der Waals surface area contributed by atoms with Crippen LogP contribution in [0.3, 0.4) is 0 Å². The molecule has 1 heterocycles. The van der Waals surface area contributed by atoms with Gasteiger partial charge in [0.25, 0.3) is 10.0 Å². The van der Waals surface area contributed by atoms with Crippen LogP contribution in [0.25, 0.3) is 0 Å². The van der Waals surface area contributed by atoms with Crippen LogP contribution in [0.4, 0.5) is 5.69 Å². The standard InChI is InChI=1S/C11H13IN4O2S/c1-13-6-8-7-14-15-11(8)19(17,18)16-10-4-2-9(12)3-5-10/h2-5,7,13,16H,6H2,1H3,(H,14,15). The first-order valence-corrected chi connectivity index (χ1v) is 8.04. The Bertz CT molecular complexity index is 652. The van der Waals surface area contributed by atoms with Gasteiger partial charge in [0, 0.05) is 21.4 Å². The van der Waals surface area contributed by atoms with Gasteiger partial charge in [0.1, 0.15) is 0 Å². The average Bonchev–Trinajstić information content (AvgIpc) is 2.81. The highest BCUT2D eigenvalue weighted by Gasteiger charge is 2.20. The van der Waals surface area contributed by atoms with Gasteiger partial charge >= 0.3 is 0 Å². The number of hydrogen-bond acceptors (Lipinski definition) is 4. The lowest BCUT2D eigenvalue weighted by molar-refractivity contribution is 0.595. The van der Waals surface area contributed by atoms with Crippen LogP contribution in [0.2, 0.25) is 0 Å². The topological polar surface area (TPSA) is 86.9 Å². The number of aromatic nitrogens is 2. The largest absolute Gasteiger partial charge is 0.316 e. The van der Waals surface area contributed by atoms with Gasteiger partial charge in [-0.2, -0.15) is 13.5 Å². The zero-order valence-corrected chi connectivity index (χ0v) is 13.1. The summed E-state index contributed by atoms with van der Waals surface area (Å²) in [6, 6.07) is 7.10. The van der Waals surface area contributed by atoms with E-state index < -0.39 is 10.0 Å². The summed E-state index contributed by atoms with van der Waals surface area (Å²) in [7, 11) is -1.90. The van der Waals surface area contributed by atoms with Crippen molar-refractivity contribution in [2.75, 3.05) is 11.8 Å². The fraction of sp³-hybridized carbons (Fsp3) is 0.182. The SMILES string of the molecule is CNCc1cn[nH]c1S(=O)(=O)Nc1ccc(I)cc1. The van der Waals surface area contributed by atoms with E-state index in [4.69, 9.17) is 0 Å². The molecular formula is C11H13IN4O2S. The van der Waals surface area contributed by atoms with Crippen LogP contribution in [0, 0.1) is 3.57 Å². The van der Waals surface area contributed by atoms with Crippen molar-refractivity contribution < 1.29 is 8.42 Å². The third-order valence-corrected chi connectivity index (χ3v) is 4.53. The molecule has 0 saturated carbocycles. The Morgan fingerprint density at radius 1 is 1.32 bits per heavy atom. The molecule has 8 heteroatoms. The second kappa shape index (κ2) is 5.88. The summed E-state index contributed by atoms with van der Waals surface area (Å²) in [5.74, 6) is 0. The van der Waals surface area contributed by atoms with Crippen LogP contribution < -0.4 is 10.0 Å². The lowest BCUT2D eigenvalue weighted by Gasteiger charge is -2.08. The van der Waals surface area contributed by atoms with Gasteiger partial charge in [-0.3, -0.25) is 9.82 Å². The first-order chi connectivity index (χ1) is 9.03. The lowest BCUT2D eigenvalue weighted by atomic mass is 10.3. The normalized spacial score (nSPS) is 11.5. The number of benzene rings is 1. The summed E-state index contributed by atoms with van der Waals surface area (Å²) in [5, 5.41) is 9.28. The zero-order chi connectivity index (χ0) is 13.9. The molecule has 1 aromatic carbocycles. The highest BCUT2D eigenvalue weighted by Crippen LogP contribution is 2.18. The van der Waals surface area contributed by atoms with Crippen molar-refractivity contribution in [2.24, 2.45) is 0 Å². The van der Waals surface area contributed by atoms with Crippen molar-refractivity contribution in [1.82, 2.24) is 15.5 Å². The predicted octanol–water partition coefficient (Wildman–Crippen LogP) is 1.53. The molecule has 2 rings (SSSR count). The number of rotatable bonds is 5. The van der Waals surface area contributed by atoms with E-state index in [-0.39, 0.29) is 5.03 Å². The summed E-state index contributed by atoms with van der Waals surface area (Å²) in [6.45, 7) is 0.430. The monoisotopic (exact) mass is 392 g/mol. The van der Waals surface area contributed by atoms with Gasteiger partial charge in [-0.15, -0.1) is 0 Å². The van der Waals surface area contributed by atoms with Crippen molar-refractivity contribution >= 4 is 38.3 Å². The summed E-state index contributed by atoms with van der Waals surface area (Å²) in [4.78, 5) is 0. The molecule has 2 aromatic rings. The molecule has 19 heavy (non-hydrogen) atoms. The number of nitrogens with one attached hydrogen (secondary N) is 3. The Balaban J connectivity index is 2.27. The van der Waals surface area contributed by atoms with E-state index in [0.717, 1.165) is 3.57 Å². The van der Waals surface area contributed by atoms with Crippen LogP contribution >= 0.6 is 22.6 Å². The quantitative estimate of drug-likeness (QED) is 0.674. The smallest absolute Gasteiger partial charge is 0.279 e. The van der Waals surface area contributed by atoms with E-state index >= 15 is 0 Å². The molecule has 0 aliphatic rings. The molecule has 0 radical (unpaired) electrons. The molecule has 0 spiro atoms. The van der Waals surface area contributed by atoms with Gasteiger partial charge in [-0.1, -0.05) is 0 Å². The number of nitrogens with zero attached hydrogens (tertiary/aromatic N) is 1. The van der Waals surface area contributed by atoms with E-state index in [1.807, 2.05) is 12.1 Å². The highest BCUT2D eigenvalue weighted by atomic mass is 127. The van der Waals surface area contributed by atoms with E-state index in [1.165, 1.54) is 6.20 Å². The lowest BCUT2D eigenvalue weighted by Crippen LogP contribution is -2.17. The van der Waals surface area contributed by atoms with Crippen LogP contribution in [-0.2, 0) is 16.6 Å². The molecule has 0 saturated heterocycles. The number of sulfonamides is 1. The molecule has 3 N–H and O–H groups in total. The molecule has 0 aliphatic heterocycles. The molecule has 1 aromatic heterocycles. The molecule has 0 amide bonds. The maximum atomic E-state index is 12.2. The number of aromatic amines is 1. The number of hydrogen-bond donors (Lipinski definition) is 3. The molecule has 0 aliphatic carbocycles. The van der Waals surface area contributed by atoms with E-state index in [1.54, 1.807) is 19.2 Å². The van der Waals surface area contributed by atoms with Crippen molar-refractivity contribution in [3.63, 3.8) is 0 Å². The van der Waals surface area contributed by atoms with Crippen molar-refractivity contribution in [3.05, 3.63) is 39.6 Å². The minimum absolute atomic E-state index is 0.0837. The third kappa shape index (κ3) is 3.45. The van der Waals surface area contributed by atoms with Crippen LogP contribution in [0.15, 0.2) is 35.5 Å². The van der Waals surface area contributed by atoms with Crippen LogP contribution in [-0.4, -0.2) is 25.7 Å². The Labute approximate surface area is 125 Å². The Hall–Kier alpha value is -1.13. The fourth-order valence-corrected chi connectivity index (χ4v) is 3.12. The Kier molecular flexibility index (Phi) is 4.42. The maximum Gasteiger partial charge on any atom is 0.279 e. The van der Waals surface area contributed by atoms with Gasteiger partial charge in [-0.05, 0) is 53.9 Å². The summed E-state index contributed by atoms with van der Waals surface area (Å²) in [5.41, 5.74) is 1.12. The number of halogens is 1. The van der Waals surface area contributed by atoms with Crippen LogP contribution in [0.5, 0.6) is 0 Å². The Morgan fingerprint density at radius 3 is 2.63 bits per heavy atom. The number of anilines is 1. The van der Waals surface area contributed by atoms with Crippen LogP contribution in [0.1, 0.15) is 5.56 Å². The predicted molar refractivity (Wildman–Crippen MR) is 81.3 cm³/mol. The second-order valence-electron chi connectivity index (χ2n) is 3.87. The molecule has 0 fully saturated rings. The summed E-state index contributed by atoms with van der Waals surface area (Å²) < 4.78 is 28.0. The van der Waals surface area contributed by atoms with Crippen molar-refractivity contribution in [1.29, 1.82) is 0 Å². The minimum atomic E-state index is -3.65. The van der Waals surface area contributed by atoms with Gasteiger partial charge in [0.2, 0.25) is 0 Å². The summed E-state index contributed by atoms with van der Waals surface area (Å²) >= 11 is 2.16. The van der Waals surface area contributed by atoms with E-state index in [9.17, 15) is 8.42 Å². The highest BCUT2D eigenvalue weighted by molar-refractivity contribution is 14.1. The van der Waals surface area contributed by atoms with Gasteiger partial charge in [0.15, 0.2) is 5.03 Å². The molecule has 0 bridgehead atoms. The van der Waals surface area contributed by atoms with Gasteiger partial charge in [0.05, 0.1) is 6.20 Å². The van der Waals surface area contributed by atoms with Gasteiger partial charge < -0.3 is 5.32 Å².